The highest BCUT2D eigenvalue weighted by Crippen LogP contribution is 2.15. The SMILES string of the molecule is CCc1nsc(-n2cnc(C#N)c2C#N)n1. The third-order valence-corrected chi connectivity index (χ3v) is 2.71. The molecule has 0 fully saturated rings. The Morgan fingerprint density at radius 3 is 2.81 bits per heavy atom. The van der Waals surface area contributed by atoms with E-state index in [9.17, 15) is 0 Å². The summed E-state index contributed by atoms with van der Waals surface area (Å²) in [5.74, 6) is 0.719. The lowest BCUT2D eigenvalue weighted by Gasteiger charge is -1.94. The van der Waals surface area contributed by atoms with Crippen molar-refractivity contribution < 1.29 is 0 Å². The van der Waals surface area contributed by atoms with Crippen molar-refractivity contribution >= 4 is 11.5 Å². The average molecular weight is 230 g/mol. The van der Waals surface area contributed by atoms with Crippen LogP contribution < -0.4 is 0 Å². The van der Waals surface area contributed by atoms with Crippen LogP contribution in [0.1, 0.15) is 24.1 Å². The number of aromatic nitrogens is 4. The van der Waals surface area contributed by atoms with E-state index in [0.29, 0.717) is 5.13 Å². The largest absolute Gasteiger partial charge is 0.263 e. The first-order valence-electron chi connectivity index (χ1n) is 4.50. The number of nitriles is 2. The summed E-state index contributed by atoms with van der Waals surface area (Å²) in [5.41, 5.74) is 0.303. The molecule has 0 atom stereocenters. The summed E-state index contributed by atoms with van der Waals surface area (Å²) in [6.45, 7) is 1.95. The van der Waals surface area contributed by atoms with Crippen molar-refractivity contribution in [2.24, 2.45) is 0 Å². The van der Waals surface area contributed by atoms with Crippen LogP contribution in [-0.2, 0) is 6.42 Å². The van der Waals surface area contributed by atoms with Gasteiger partial charge in [0, 0.05) is 18.0 Å². The van der Waals surface area contributed by atoms with Crippen molar-refractivity contribution in [3.63, 3.8) is 0 Å². The van der Waals surface area contributed by atoms with Gasteiger partial charge in [-0.1, -0.05) is 6.92 Å². The second kappa shape index (κ2) is 4.09. The third kappa shape index (κ3) is 1.53. The van der Waals surface area contributed by atoms with Gasteiger partial charge in [0.15, 0.2) is 11.4 Å². The molecule has 0 aliphatic rings. The molecule has 0 aromatic carbocycles. The molecule has 2 rings (SSSR count). The van der Waals surface area contributed by atoms with Gasteiger partial charge in [0.2, 0.25) is 5.13 Å². The fraction of sp³-hybridized carbons (Fsp3) is 0.222. The Kier molecular flexibility index (Phi) is 2.63. The van der Waals surface area contributed by atoms with Crippen molar-refractivity contribution in [3.05, 3.63) is 23.5 Å². The number of rotatable bonds is 2. The Hall–Kier alpha value is -2.25. The van der Waals surface area contributed by atoms with Crippen LogP contribution in [0, 0.1) is 22.7 Å². The van der Waals surface area contributed by atoms with Crippen LogP contribution in [0.15, 0.2) is 6.33 Å². The van der Waals surface area contributed by atoms with E-state index in [0.717, 1.165) is 12.2 Å². The molecular formula is C9H6N6S. The maximum absolute atomic E-state index is 8.94. The molecule has 16 heavy (non-hydrogen) atoms. The second-order valence-corrected chi connectivity index (χ2v) is 3.61. The summed E-state index contributed by atoms with van der Waals surface area (Å²) in [6.07, 6.45) is 2.15. The Balaban J connectivity index is 2.53. The van der Waals surface area contributed by atoms with E-state index in [2.05, 4.69) is 14.3 Å². The van der Waals surface area contributed by atoms with Gasteiger partial charge in [-0.2, -0.15) is 14.9 Å². The van der Waals surface area contributed by atoms with Crippen molar-refractivity contribution in [3.8, 4) is 17.3 Å². The van der Waals surface area contributed by atoms with Gasteiger partial charge in [-0.15, -0.1) is 0 Å². The zero-order chi connectivity index (χ0) is 11.5. The van der Waals surface area contributed by atoms with Crippen molar-refractivity contribution in [2.45, 2.75) is 13.3 Å². The third-order valence-electron chi connectivity index (χ3n) is 1.96. The minimum atomic E-state index is 0.107. The van der Waals surface area contributed by atoms with Gasteiger partial charge in [-0.05, 0) is 0 Å². The van der Waals surface area contributed by atoms with Crippen LogP contribution >= 0.6 is 11.5 Å². The molecule has 78 valence electrons. The van der Waals surface area contributed by atoms with Crippen LogP contribution in [0.3, 0.4) is 0 Å². The summed E-state index contributed by atoms with van der Waals surface area (Å²) in [5, 5.41) is 18.2. The average Bonchev–Trinajstić information content (AvgIpc) is 2.93. The zero-order valence-corrected chi connectivity index (χ0v) is 9.19. The normalized spacial score (nSPS) is 9.69. The molecule has 0 aliphatic heterocycles. The number of hydrogen-bond acceptors (Lipinski definition) is 6. The molecule has 2 aromatic rings. The van der Waals surface area contributed by atoms with Crippen LogP contribution in [0.4, 0.5) is 0 Å². The van der Waals surface area contributed by atoms with Gasteiger partial charge >= 0.3 is 0 Å². The number of hydrogen-bond donors (Lipinski definition) is 0. The first-order valence-corrected chi connectivity index (χ1v) is 5.28. The summed E-state index contributed by atoms with van der Waals surface area (Å²) >= 11 is 1.18. The molecule has 0 unspecified atom stereocenters. The van der Waals surface area contributed by atoms with Gasteiger partial charge in [-0.3, -0.25) is 4.57 Å². The lowest BCUT2D eigenvalue weighted by molar-refractivity contribution is 0.947. The van der Waals surface area contributed by atoms with E-state index in [1.54, 1.807) is 0 Å². The molecule has 0 bridgehead atoms. The molecule has 0 N–H and O–H groups in total. The fourth-order valence-corrected chi connectivity index (χ4v) is 1.90. The van der Waals surface area contributed by atoms with Gasteiger partial charge in [0.05, 0.1) is 0 Å². The Bertz CT molecular complexity index is 596. The molecule has 0 saturated heterocycles. The van der Waals surface area contributed by atoms with E-state index in [-0.39, 0.29) is 11.4 Å². The van der Waals surface area contributed by atoms with E-state index in [1.807, 2.05) is 19.1 Å². The van der Waals surface area contributed by atoms with E-state index >= 15 is 0 Å². The molecule has 0 spiro atoms. The predicted octanol–water partition coefficient (Wildman–Crippen LogP) is 1.03. The maximum atomic E-state index is 8.94. The van der Waals surface area contributed by atoms with Crippen LogP contribution in [-0.4, -0.2) is 18.9 Å². The fourth-order valence-electron chi connectivity index (χ4n) is 1.17. The quantitative estimate of drug-likeness (QED) is 0.768. The molecule has 0 radical (unpaired) electrons. The number of aryl methyl sites for hydroxylation is 1. The van der Waals surface area contributed by atoms with Gasteiger partial charge in [0.25, 0.3) is 0 Å². The molecule has 0 aliphatic carbocycles. The lowest BCUT2D eigenvalue weighted by Crippen LogP contribution is -1.96. The molecule has 7 heteroatoms. The van der Waals surface area contributed by atoms with Gasteiger partial charge in [0.1, 0.15) is 24.3 Å². The first kappa shape index (κ1) is 10.3. The summed E-state index contributed by atoms with van der Waals surface area (Å²) in [7, 11) is 0. The molecule has 0 saturated carbocycles. The van der Waals surface area contributed by atoms with Crippen molar-refractivity contribution in [1.29, 1.82) is 10.5 Å². The standard InChI is InChI=1S/C9H6N6S/c1-2-8-13-9(16-14-8)15-5-12-6(3-10)7(15)4-11/h5H,2H2,1H3. The number of imidazole rings is 1. The van der Waals surface area contributed by atoms with Crippen LogP contribution in [0.2, 0.25) is 0 Å². The highest BCUT2D eigenvalue weighted by atomic mass is 32.1. The Morgan fingerprint density at radius 2 is 2.25 bits per heavy atom. The number of nitrogens with zero attached hydrogens (tertiary/aromatic N) is 6. The van der Waals surface area contributed by atoms with Crippen molar-refractivity contribution in [2.75, 3.05) is 0 Å². The highest BCUT2D eigenvalue weighted by molar-refractivity contribution is 7.08. The zero-order valence-electron chi connectivity index (χ0n) is 8.38. The van der Waals surface area contributed by atoms with Crippen molar-refractivity contribution in [1.82, 2.24) is 18.9 Å². The topological polar surface area (TPSA) is 91.2 Å². The Labute approximate surface area is 95.6 Å². The maximum Gasteiger partial charge on any atom is 0.215 e. The Morgan fingerprint density at radius 1 is 1.44 bits per heavy atom. The molecular weight excluding hydrogens is 224 g/mol. The molecule has 0 amide bonds. The summed E-state index contributed by atoms with van der Waals surface area (Å²) in [6, 6.07) is 3.80. The van der Waals surface area contributed by atoms with Gasteiger partial charge in [-0.25, -0.2) is 9.97 Å². The lowest BCUT2D eigenvalue weighted by atomic mass is 10.4. The van der Waals surface area contributed by atoms with E-state index in [1.165, 1.54) is 22.4 Å². The van der Waals surface area contributed by atoms with E-state index in [4.69, 9.17) is 10.5 Å². The molecule has 2 aromatic heterocycles. The van der Waals surface area contributed by atoms with Gasteiger partial charge < -0.3 is 0 Å². The van der Waals surface area contributed by atoms with E-state index < -0.39 is 0 Å². The first-order chi connectivity index (χ1) is 7.80. The monoisotopic (exact) mass is 230 g/mol. The predicted molar refractivity (Wildman–Crippen MR) is 55.8 cm³/mol. The van der Waals surface area contributed by atoms with Crippen LogP contribution in [0.5, 0.6) is 0 Å². The minimum Gasteiger partial charge on any atom is -0.263 e. The molecule has 6 nitrogen and oxygen atoms in total. The second-order valence-electron chi connectivity index (χ2n) is 2.88. The minimum absolute atomic E-state index is 0.107. The molecule has 2 heterocycles. The van der Waals surface area contributed by atoms with Crippen LogP contribution in [0.25, 0.3) is 5.13 Å². The summed E-state index contributed by atoms with van der Waals surface area (Å²) in [4.78, 5) is 8.06. The smallest absolute Gasteiger partial charge is 0.215 e. The summed E-state index contributed by atoms with van der Waals surface area (Å²) < 4.78 is 5.59. The highest BCUT2D eigenvalue weighted by Gasteiger charge is 2.14.